The number of benzene rings is 1. The Bertz CT molecular complexity index is 1790. The maximum Gasteiger partial charge on any atom is 0.319 e. The van der Waals surface area contributed by atoms with Crippen LogP contribution < -0.4 is 10.3 Å². The minimum absolute atomic E-state index is 0.134. The highest BCUT2D eigenvalue weighted by Crippen LogP contribution is 2.33. The number of rotatable bonds is 6. The first kappa shape index (κ1) is 28.0. The predicted octanol–water partition coefficient (Wildman–Crippen LogP) is 3.10. The van der Waals surface area contributed by atoms with Gasteiger partial charge in [-0.25, -0.2) is 8.78 Å². The summed E-state index contributed by atoms with van der Waals surface area (Å²) in [5, 5.41) is 12.3. The molecule has 5 rings (SSSR count). The Hall–Kier alpha value is -4.51. The third-order valence-corrected chi connectivity index (χ3v) is 7.40. The van der Waals surface area contributed by atoms with E-state index in [9.17, 15) is 18.7 Å². The van der Waals surface area contributed by atoms with Gasteiger partial charge in [0.25, 0.3) is 5.56 Å². The lowest BCUT2D eigenvalue weighted by molar-refractivity contribution is 0.0800. The molecule has 8 nitrogen and oxygen atoms in total. The first-order valence-corrected chi connectivity index (χ1v) is 13.2. The Kier molecular flexibility index (Phi) is 7.89. The number of ether oxygens (including phenoxy) is 1. The lowest BCUT2D eigenvalue weighted by Gasteiger charge is -2.27. The summed E-state index contributed by atoms with van der Waals surface area (Å²) in [6.07, 6.45) is 5.11. The number of halogens is 2. The molecule has 0 aliphatic carbocycles. The van der Waals surface area contributed by atoms with Gasteiger partial charge in [0.15, 0.2) is 0 Å². The summed E-state index contributed by atoms with van der Waals surface area (Å²) < 4.78 is 37.9. The second kappa shape index (κ2) is 11.5. The predicted molar refractivity (Wildman–Crippen MR) is 150 cm³/mol. The van der Waals surface area contributed by atoms with Crippen LogP contribution in [0.4, 0.5) is 8.78 Å². The molecule has 4 aromatic rings. The molecule has 0 radical (unpaired) electrons. The first-order valence-electron chi connectivity index (χ1n) is 13.2. The molecule has 10 heteroatoms. The molecule has 1 aliphatic rings. The zero-order chi connectivity index (χ0) is 29.1. The molecule has 1 N–H and O–H groups in total. The highest BCUT2D eigenvalue weighted by Gasteiger charge is 2.36. The number of pyridine rings is 1. The number of aliphatic hydroxyl groups is 1. The van der Waals surface area contributed by atoms with Gasteiger partial charge >= 0.3 is 6.01 Å². The van der Waals surface area contributed by atoms with Gasteiger partial charge in [-0.2, -0.15) is 9.97 Å². The molecule has 41 heavy (non-hydrogen) atoms. The zero-order valence-corrected chi connectivity index (χ0v) is 23.0. The van der Waals surface area contributed by atoms with Crippen molar-refractivity contribution in [2.24, 2.45) is 14.1 Å². The lowest BCUT2D eigenvalue weighted by Crippen LogP contribution is -2.36. The largest absolute Gasteiger partial charge is 0.462 e. The Labute approximate surface area is 236 Å². The van der Waals surface area contributed by atoms with Crippen LogP contribution >= 0.6 is 0 Å². The SMILES string of the molecule is CN1CCC[C@@H]1COc1nc(C#CC#CCC(O)(c2cc(F)ccc2F)c2cccn(C)c2=O)c2ccn(C)c2n1. The summed E-state index contributed by atoms with van der Waals surface area (Å²) >= 11 is 0. The number of fused-ring (bicyclic) bond motifs is 1. The quantitative estimate of drug-likeness (QED) is 0.367. The third kappa shape index (κ3) is 5.71. The van der Waals surface area contributed by atoms with E-state index < -0.39 is 29.2 Å². The van der Waals surface area contributed by atoms with E-state index in [-0.39, 0.29) is 17.1 Å². The van der Waals surface area contributed by atoms with E-state index in [1.165, 1.54) is 29.9 Å². The van der Waals surface area contributed by atoms with Crippen LogP contribution in [0.25, 0.3) is 11.0 Å². The van der Waals surface area contributed by atoms with Crippen LogP contribution in [0.1, 0.15) is 36.1 Å². The van der Waals surface area contributed by atoms with Crippen LogP contribution in [0.2, 0.25) is 0 Å². The van der Waals surface area contributed by atoms with Crippen molar-refractivity contribution in [3.05, 3.63) is 87.6 Å². The van der Waals surface area contributed by atoms with Crippen LogP contribution in [0.5, 0.6) is 6.01 Å². The van der Waals surface area contributed by atoms with Crippen molar-refractivity contribution in [1.82, 2.24) is 24.0 Å². The standard InChI is InChI=1S/C31H29F2N5O3/c1-36-16-7-9-22(36)20-41-30-34-27(23-14-18-37(2)28(23)35-30)11-5-4-6-15-31(40,24-10-8-17-38(3)29(24)39)25-19-21(32)12-13-26(25)33/h8,10,12-14,17-19,22,40H,7,9,15-16,20H2,1-3H3/t22-,31?/m1/s1. The van der Waals surface area contributed by atoms with E-state index in [0.717, 1.165) is 43.0 Å². The smallest absolute Gasteiger partial charge is 0.319 e. The molecule has 0 spiro atoms. The fourth-order valence-electron chi connectivity index (χ4n) is 5.01. The fourth-order valence-corrected chi connectivity index (χ4v) is 5.01. The van der Waals surface area contributed by atoms with Gasteiger partial charge < -0.3 is 23.9 Å². The normalized spacial score (nSPS) is 16.5. The second-order valence-corrected chi connectivity index (χ2v) is 10.2. The minimum atomic E-state index is -2.22. The van der Waals surface area contributed by atoms with Crippen LogP contribution in [0, 0.1) is 35.3 Å². The van der Waals surface area contributed by atoms with Gasteiger partial charge in [-0.15, -0.1) is 0 Å². The van der Waals surface area contributed by atoms with Crippen molar-refractivity contribution in [2.45, 2.75) is 30.9 Å². The molecule has 1 unspecified atom stereocenters. The number of aryl methyl sites for hydroxylation is 2. The van der Waals surface area contributed by atoms with Gasteiger partial charge in [0.05, 0.1) is 10.9 Å². The van der Waals surface area contributed by atoms with Crippen molar-refractivity contribution >= 4 is 11.0 Å². The second-order valence-electron chi connectivity index (χ2n) is 10.2. The average molecular weight is 558 g/mol. The molecular weight excluding hydrogens is 528 g/mol. The number of nitrogens with zero attached hydrogens (tertiary/aromatic N) is 5. The summed E-state index contributed by atoms with van der Waals surface area (Å²) in [6.45, 7) is 1.49. The fraction of sp³-hybridized carbons (Fsp3) is 0.323. The average Bonchev–Trinajstić information content (AvgIpc) is 3.54. The number of hydrogen-bond donors (Lipinski definition) is 1. The molecule has 1 aliphatic heterocycles. The third-order valence-electron chi connectivity index (χ3n) is 7.40. The van der Waals surface area contributed by atoms with Gasteiger partial charge in [0.1, 0.15) is 35.2 Å². The van der Waals surface area contributed by atoms with E-state index in [2.05, 4.69) is 45.6 Å². The van der Waals surface area contributed by atoms with Crippen molar-refractivity contribution in [3.63, 3.8) is 0 Å². The van der Waals surface area contributed by atoms with Gasteiger partial charge in [0, 0.05) is 44.5 Å². The highest BCUT2D eigenvalue weighted by atomic mass is 19.1. The van der Waals surface area contributed by atoms with E-state index in [1.807, 2.05) is 23.9 Å². The molecule has 3 aromatic heterocycles. The number of hydrogen-bond acceptors (Lipinski definition) is 6. The molecule has 1 aromatic carbocycles. The Morgan fingerprint density at radius 2 is 1.90 bits per heavy atom. The van der Waals surface area contributed by atoms with E-state index in [1.54, 1.807) is 0 Å². The Morgan fingerprint density at radius 1 is 1.07 bits per heavy atom. The van der Waals surface area contributed by atoms with E-state index >= 15 is 0 Å². The van der Waals surface area contributed by atoms with E-state index in [4.69, 9.17) is 4.74 Å². The molecule has 0 amide bonds. The van der Waals surface area contributed by atoms with Gasteiger partial charge in [-0.05, 0) is 80.6 Å². The monoisotopic (exact) mass is 557 g/mol. The maximum atomic E-state index is 14.8. The molecule has 0 bridgehead atoms. The lowest BCUT2D eigenvalue weighted by atomic mass is 9.84. The van der Waals surface area contributed by atoms with Crippen molar-refractivity contribution in [3.8, 4) is 29.7 Å². The zero-order valence-electron chi connectivity index (χ0n) is 23.0. The molecule has 4 heterocycles. The van der Waals surface area contributed by atoms with Gasteiger partial charge in [-0.3, -0.25) is 4.79 Å². The van der Waals surface area contributed by atoms with Crippen LogP contribution in [0.3, 0.4) is 0 Å². The van der Waals surface area contributed by atoms with Crippen LogP contribution in [-0.2, 0) is 19.7 Å². The summed E-state index contributed by atoms with van der Waals surface area (Å²) in [6, 6.07) is 7.98. The first-order chi connectivity index (χ1) is 19.7. The molecule has 0 saturated carbocycles. The van der Waals surface area contributed by atoms with Crippen molar-refractivity contribution < 1.29 is 18.6 Å². The summed E-state index contributed by atoms with van der Waals surface area (Å²) in [5.41, 5.74) is -2.22. The van der Waals surface area contributed by atoms with Crippen molar-refractivity contribution in [2.75, 3.05) is 20.2 Å². The Balaban J connectivity index is 1.46. The topological polar surface area (TPSA) is 85.4 Å². The molecular formula is C31H29F2N5O3. The Morgan fingerprint density at radius 3 is 2.68 bits per heavy atom. The summed E-state index contributed by atoms with van der Waals surface area (Å²) in [7, 11) is 5.43. The summed E-state index contributed by atoms with van der Waals surface area (Å²) in [5.74, 6) is 9.42. The highest BCUT2D eigenvalue weighted by molar-refractivity contribution is 5.82. The van der Waals surface area contributed by atoms with Gasteiger partial charge in [-0.1, -0.05) is 5.92 Å². The molecule has 2 atom stereocenters. The van der Waals surface area contributed by atoms with Gasteiger partial charge in [0.2, 0.25) is 0 Å². The van der Waals surface area contributed by atoms with Crippen molar-refractivity contribution in [1.29, 1.82) is 0 Å². The molecule has 210 valence electrons. The number of aromatic nitrogens is 4. The van der Waals surface area contributed by atoms with Crippen LogP contribution in [0.15, 0.2) is 53.6 Å². The number of likely N-dealkylation sites (tertiary alicyclic amines) is 1. The summed E-state index contributed by atoms with van der Waals surface area (Å²) in [4.78, 5) is 24.1. The molecule has 1 fully saturated rings. The molecule has 1 saturated heterocycles. The number of likely N-dealkylation sites (N-methyl/N-ethyl adjacent to an activating group) is 1. The maximum absolute atomic E-state index is 14.8. The minimum Gasteiger partial charge on any atom is -0.462 e. The van der Waals surface area contributed by atoms with E-state index in [0.29, 0.717) is 24.0 Å². The van der Waals surface area contributed by atoms with Crippen LogP contribution in [-0.4, -0.2) is 55.3 Å².